The van der Waals surface area contributed by atoms with Crippen LogP contribution in [-0.2, 0) is 6.54 Å². The highest BCUT2D eigenvalue weighted by Crippen LogP contribution is 2.55. The number of urea groups is 1. The van der Waals surface area contributed by atoms with E-state index in [1.54, 1.807) is 22.7 Å². The van der Waals surface area contributed by atoms with Crippen molar-refractivity contribution in [1.82, 2.24) is 10.6 Å². The van der Waals surface area contributed by atoms with E-state index in [1.807, 2.05) is 29.6 Å². The molecule has 4 fully saturated rings. The van der Waals surface area contributed by atoms with Crippen molar-refractivity contribution in [2.45, 2.75) is 56.7 Å². The van der Waals surface area contributed by atoms with E-state index in [-0.39, 0.29) is 11.6 Å². The van der Waals surface area contributed by atoms with E-state index in [4.69, 9.17) is 0 Å². The number of hydrogen-bond donors (Lipinski definition) is 3. The zero-order valence-electron chi connectivity index (χ0n) is 15.3. The molecule has 2 aromatic heterocycles. The van der Waals surface area contributed by atoms with Crippen LogP contribution in [0.1, 0.15) is 59.3 Å². The smallest absolute Gasteiger partial charge is 0.315 e. The Morgan fingerprint density at radius 3 is 2.44 bits per heavy atom. The molecular formula is C21H26N2O2S2. The molecule has 0 aliphatic heterocycles. The van der Waals surface area contributed by atoms with Gasteiger partial charge in [0.25, 0.3) is 0 Å². The molecule has 0 aromatic carbocycles. The maximum Gasteiger partial charge on any atom is 0.315 e. The van der Waals surface area contributed by atoms with Crippen LogP contribution in [0.4, 0.5) is 4.79 Å². The van der Waals surface area contributed by atoms with Crippen LogP contribution in [0.5, 0.6) is 0 Å². The number of aliphatic hydroxyl groups excluding tert-OH is 1. The van der Waals surface area contributed by atoms with Crippen molar-refractivity contribution < 1.29 is 9.90 Å². The molecule has 27 heavy (non-hydrogen) atoms. The molecule has 1 atom stereocenters. The molecule has 6 heteroatoms. The van der Waals surface area contributed by atoms with Gasteiger partial charge >= 0.3 is 6.03 Å². The maximum absolute atomic E-state index is 12.6. The molecule has 0 saturated heterocycles. The second kappa shape index (κ2) is 6.90. The van der Waals surface area contributed by atoms with Gasteiger partial charge in [0, 0.05) is 20.2 Å². The summed E-state index contributed by atoms with van der Waals surface area (Å²) in [4.78, 5) is 15.5. The molecule has 2 aromatic rings. The number of nitrogens with one attached hydrogen (secondary N) is 2. The summed E-state index contributed by atoms with van der Waals surface area (Å²) in [5.41, 5.74) is 0.0504. The van der Waals surface area contributed by atoms with Crippen molar-refractivity contribution in [2.75, 3.05) is 0 Å². The van der Waals surface area contributed by atoms with Crippen molar-refractivity contribution in [2.24, 2.45) is 17.8 Å². The van der Waals surface area contributed by atoms with Crippen molar-refractivity contribution >= 4 is 28.7 Å². The van der Waals surface area contributed by atoms with Crippen LogP contribution in [0.25, 0.3) is 0 Å². The van der Waals surface area contributed by atoms with E-state index in [9.17, 15) is 9.90 Å². The number of thiophene rings is 2. The fraction of sp³-hybridized carbons (Fsp3) is 0.571. The highest BCUT2D eigenvalue weighted by atomic mass is 32.1. The summed E-state index contributed by atoms with van der Waals surface area (Å²) in [5.74, 6) is 2.49. The van der Waals surface area contributed by atoms with Crippen molar-refractivity contribution in [3.05, 3.63) is 44.3 Å². The second-order valence-electron chi connectivity index (χ2n) is 8.73. The number of hydrogen-bond acceptors (Lipinski definition) is 4. The number of carbonyl (C=O) groups excluding carboxylic acids is 1. The van der Waals surface area contributed by atoms with Crippen molar-refractivity contribution in [1.29, 1.82) is 0 Å². The molecule has 6 rings (SSSR count). The molecule has 4 aliphatic rings. The lowest BCUT2D eigenvalue weighted by molar-refractivity contribution is -0.0135. The SMILES string of the molecule is O=C(NCc1ccc(C(O)c2cccs2)s1)NC12CC3CC(CC(C3)C1)C2. The fourth-order valence-electron chi connectivity index (χ4n) is 5.94. The predicted molar refractivity (Wildman–Crippen MR) is 109 cm³/mol. The van der Waals surface area contributed by atoms with Crippen LogP contribution in [0.2, 0.25) is 0 Å². The molecule has 2 amide bonds. The minimum absolute atomic E-state index is 0.0364. The van der Waals surface area contributed by atoms with E-state index in [0.29, 0.717) is 6.54 Å². The van der Waals surface area contributed by atoms with Gasteiger partial charge in [-0.15, -0.1) is 22.7 Å². The summed E-state index contributed by atoms with van der Waals surface area (Å²) in [6.45, 7) is 0.514. The molecule has 144 valence electrons. The average Bonchev–Trinajstić information content (AvgIpc) is 3.30. The number of rotatable bonds is 5. The molecule has 4 saturated carbocycles. The number of amides is 2. The Bertz CT molecular complexity index is 779. The van der Waals surface area contributed by atoms with Crippen LogP contribution in [0.3, 0.4) is 0 Å². The van der Waals surface area contributed by atoms with Gasteiger partial charge in [0.05, 0.1) is 6.54 Å². The quantitative estimate of drug-likeness (QED) is 0.681. The molecule has 4 aliphatic carbocycles. The Kier molecular flexibility index (Phi) is 4.53. The molecule has 4 nitrogen and oxygen atoms in total. The Morgan fingerprint density at radius 2 is 1.81 bits per heavy atom. The van der Waals surface area contributed by atoms with Gasteiger partial charge in [-0.25, -0.2) is 4.79 Å². The topological polar surface area (TPSA) is 61.4 Å². The normalized spacial score (nSPS) is 32.4. The fourth-order valence-corrected chi connectivity index (χ4v) is 7.70. The summed E-state index contributed by atoms with van der Waals surface area (Å²) < 4.78 is 0. The molecule has 2 heterocycles. The molecule has 1 unspecified atom stereocenters. The molecular weight excluding hydrogens is 376 g/mol. The van der Waals surface area contributed by atoms with Crippen LogP contribution >= 0.6 is 22.7 Å². The van der Waals surface area contributed by atoms with Crippen LogP contribution in [0, 0.1) is 17.8 Å². The van der Waals surface area contributed by atoms with E-state index in [0.717, 1.165) is 32.4 Å². The first-order valence-corrected chi connectivity index (χ1v) is 11.6. The summed E-state index contributed by atoms with van der Waals surface area (Å²) in [7, 11) is 0. The van der Waals surface area contributed by atoms with E-state index in [1.165, 1.54) is 38.5 Å². The van der Waals surface area contributed by atoms with Gasteiger partial charge < -0.3 is 15.7 Å². The standard InChI is InChI=1S/C21H26N2O2S2/c24-19(17-2-1-5-26-17)18-4-3-16(27-18)12-22-20(25)23-21-9-13-6-14(10-21)8-15(7-13)11-21/h1-5,13-15,19,24H,6-12H2,(H2,22,23,25). The van der Waals surface area contributed by atoms with E-state index < -0.39 is 6.10 Å². The first-order chi connectivity index (χ1) is 13.1. The van der Waals surface area contributed by atoms with Gasteiger partial charge in [0.15, 0.2) is 0 Å². The Labute approximate surface area is 168 Å². The first kappa shape index (κ1) is 17.7. The molecule has 3 N–H and O–H groups in total. The lowest BCUT2D eigenvalue weighted by Crippen LogP contribution is -2.61. The van der Waals surface area contributed by atoms with Crippen LogP contribution in [0.15, 0.2) is 29.6 Å². The van der Waals surface area contributed by atoms with Gasteiger partial charge in [-0.1, -0.05) is 6.07 Å². The summed E-state index contributed by atoms with van der Waals surface area (Å²) in [6.07, 6.45) is 7.09. The van der Waals surface area contributed by atoms with Gasteiger partial charge in [0.1, 0.15) is 6.10 Å². The Balaban J connectivity index is 1.17. The highest BCUT2D eigenvalue weighted by Gasteiger charge is 2.51. The molecule has 0 radical (unpaired) electrons. The lowest BCUT2D eigenvalue weighted by Gasteiger charge is -2.56. The minimum atomic E-state index is -0.565. The third-order valence-electron chi connectivity index (χ3n) is 6.60. The summed E-state index contributed by atoms with van der Waals surface area (Å²) in [6, 6.07) is 7.83. The lowest BCUT2D eigenvalue weighted by atomic mass is 9.53. The zero-order valence-corrected chi connectivity index (χ0v) is 17.0. The third kappa shape index (κ3) is 3.55. The monoisotopic (exact) mass is 402 g/mol. The van der Waals surface area contributed by atoms with Gasteiger partial charge in [-0.3, -0.25) is 0 Å². The van der Waals surface area contributed by atoms with Gasteiger partial charge in [0.2, 0.25) is 0 Å². The van der Waals surface area contributed by atoms with E-state index in [2.05, 4.69) is 10.6 Å². The van der Waals surface area contributed by atoms with Gasteiger partial charge in [-0.05, 0) is 79.9 Å². The van der Waals surface area contributed by atoms with Crippen LogP contribution in [-0.4, -0.2) is 16.7 Å². The number of carbonyl (C=O) groups is 1. The Hall–Kier alpha value is -1.37. The zero-order chi connectivity index (χ0) is 18.4. The maximum atomic E-state index is 12.6. The van der Waals surface area contributed by atoms with Crippen LogP contribution < -0.4 is 10.6 Å². The Morgan fingerprint density at radius 1 is 1.11 bits per heavy atom. The highest BCUT2D eigenvalue weighted by molar-refractivity contribution is 7.12. The summed E-state index contributed by atoms with van der Waals surface area (Å²) >= 11 is 3.13. The molecule has 4 bridgehead atoms. The third-order valence-corrected chi connectivity index (χ3v) is 8.67. The summed E-state index contributed by atoms with van der Waals surface area (Å²) in [5, 5.41) is 18.8. The molecule has 0 spiro atoms. The predicted octanol–water partition coefficient (Wildman–Crippen LogP) is 4.66. The van der Waals surface area contributed by atoms with E-state index >= 15 is 0 Å². The average molecular weight is 403 g/mol. The largest absolute Gasteiger partial charge is 0.382 e. The van der Waals surface area contributed by atoms with Crippen molar-refractivity contribution in [3.8, 4) is 0 Å². The van der Waals surface area contributed by atoms with Gasteiger partial charge in [-0.2, -0.15) is 0 Å². The second-order valence-corrected chi connectivity index (χ2v) is 10.9. The van der Waals surface area contributed by atoms with Crippen molar-refractivity contribution in [3.63, 3.8) is 0 Å². The first-order valence-electron chi connectivity index (χ1n) is 9.95. The minimum Gasteiger partial charge on any atom is -0.382 e. The number of aliphatic hydroxyl groups is 1.